The fraction of sp³-hybridized carbons (Fsp3) is 0.800. The van der Waals surface area contributed by atoms with Gasteiger partial charge in [0.25, 0.3) is 0 Å². The van der Waals surface area contributed by atoms with E-state index in [1.165, 1.54) is 19.0 Å². The molecule has 0 spiro atoms. The third-order valence-electron chi connectivity index (χ3n) is 2.27. The summed E-state index contributed by atoms with van der Waals surface area (Å²) in [5.74, 6) is -1.13. The van der Waals surface area contributed by atoms with Crippen molar-refractivity contribution < 1.29 is 22.8 Å². The summed E-state index contributed by atoms with van der Waals surface area (Å²) >= 11 is 0. The van der Waals surface area contributed by atoms with Gasteiger partial charge in [0.05, 0.1) is 19.0 Å². The van der Waals surface area contributed by atoms with Crippen LogP contribution in [0.4, 0.5) is 13.2 Å². The summed E-state index contributed by atoms with van der Waals surface area (Å²) in [7, 11) is 2.92. The molecule has 0 saturated heterocycles. The zero-order valence-corrected chi connectivity index (χ0v) is 10.6. The molecule has 0 rings (SSSR count). The van der Waals surface area contributed by atoms with Crippen molar-refractivity contribution in [1.29, 1.82) is 0 Å². The Balaban J connectivity index is 4.00. The lowest BCUT2D eigenvalue weighted by Crippen LogP contribution is -2.42. The molecule has 1 atom stereocenters. The van der Waals surface area contributed by atoms with Crippen molar-refractivity contribution in [3.63, 3.8) is 0 Å². The number of alkyl halides is 3. The van der Waals surface area contributed by atoms with Crippen LogP contribution in [0.1, 0.15) is 6.92 Å². The van der Waals surface area contributed by atoms with Crippen LogP contribution in [0.2, 0.25) is 0 Å². The first-order valence-electron chi connectivity index (χ1n) is 5.40. The fourth-order valence-electron chi connectivity index (χ4n) is 1.29. The number of nitrogens with one attached hydrogen (secondary N) is 2. The predicted octanol–water partition coefficient (Wildman–Crippen LogP) is -0.0212. The fourth-order valence-corrected chi connectivity index (χ4v) is 1.29. The lowest BCUT2D eigenvalue weighted by Gasteiger charge is -2.21. The van der Waals surface area contributed by atoms with Gasteiger partial charge in [0, 0.05) is 20.6 Å². The Kier molecular flexibility index (Phi) is 6.67. The number of carbonyl (C=O) groups excluding carboxylic acids is 2. The van der Waals surface area contributed by atoms with Crippen molar-refractivity contribution in [2.45, 2.75) is 13.1 Å². The van der Waals surface area contributed by atoms with E-state index in [1.807, 2.05) is 5.32 Å². The van der Waals surface area contributed by atoms with Crippen LogP contribution in [-0.4, -0.2) is 56.6 Å². The Morgan fingerprint density at radius 2 is 1.89 bits per heavy atom. The number of hydrogen-bond acceptors (Lipinski definition) is 3. The molecule has 0 aliphatic carbocycles. The average Bonchev–Trinajstić information content (AvgIpc) is 2.25. The van der Waals surface area contributed by atoms with Gasteiger partial charge in [0.2, 0.25) is 11.8 Å². The summed E-state index contributed by atoms with van der Waals surface area (Å²) in [5, 5.41) is 4.44. The molecule has 8 heteroatoms. The van der Waals surface area contributed by atoms with Crippen molar-refractivity contribution in [3.05, 3.63) is 0 Å². The Labute approximate surface area is 104 Å². The van der Waals surface area contributed by atoms with E-state index in [2.05, 4.69) is 5.32 Å². The average molecular weight is 269 g/mol. The molecule has 2 N–H and O–H groups in total. The van der Waals surface area contributed by atoms with Crippen molar-refractivity contribution >= 4 is 11.8 Å². The van der Waals surface area contributed by atoms with E-state index in [9.17, 15) is 22.8 Å². The number of rotatable bonds is 6. The van der Waals surface area contributed by atoms with Gasteiger partial charge < -0.3 is 15.5 Å². The Morgan fingerprint density at radius 3 is 2.33 bits per heavy atom. The van der Waals surface area contributed by atoms with E-state index >= 15 is 0 Å². The van der Waals surface area contributed by atoms with Crippen LogP contribution >= 0.6 is 0 Å². The second-order valence-electron chi connectivity index (χ2n) is 4.01. The molecule has 5 nitrogen and oxygen atoms in total. The Hall–Kier alpha value is -1.31. The van der Waals surface area contributed by atoms with Crippen LogP contribution < -0.4 is 10.6 Å². The monoisotopic (exact) mass is 269 g/mol. The molecule has 0 aromatic rings. The van der Waals surface area contributed by atoms with Crippen molar-refractivity contribution in [3.8, 4) is 0 Å². The third-order valence-corrected chi connectivity index (χ3v) is 2.27. The smallest absolute Gasteiger partial charge is 0.359 e. The highest BCUT2D eigenvalue weighted by molar-refractivity contribution is 5.81. The maximum Gasteiger partial charge on any atom is 0.401 e. The van der Waals surface area contributed by atoms with Crippen molar-refractivity contribution in [2.75, 3.05) is 33.7 Å². The molecule has 0 aliphatic heterocycles. The SMILES string of the molecule is CNC(=O)C(C)CN(C)C(=O)CNCC(F)(F)F. The van der Waals surface area contributed by atoms with Gasteiger partial charge in [-0.3, -0.25) is 9.59 Å². The summed E-state index contributed by atoms with van der Waals surface area (Å²) in [6.07, 6.45) is -4.34. The summed E-state index contributed by atoms with van der Waals surface area (Å²) < 4.78 is 35.5. The van der Waals surface area contributed by atoms with E-state index < -0.39 is 31.1 Å². The molecule has 0 fully saturated rings. The molecular formula is C10H18F3N3O2. The number of amides is 2. The molecule has 2 amide bonds. The molecule has 0 aromatic carbocycles. The van der Waals surface area contributed by atoms with Gasteiger partial charge in [0.15, 0.2) is 0 Å². The topological polar surface area (TPSA) is 61.4 Å². The number of nitrogens with zero attached hydrogens (tertiary/aromatic N) is 1. The molecule has 0 saturated carbocycles. The standard InChI is InChI=1S/C10H18F3N3O2/c1-7(9(18)14-2)5-16(3)8(17)4-15-6-10(11,12)13/h7,15H,4-6H2,1-3H3,(H,14,18). The minimum Gasteiger partial charge on any atom is -0.359 e. The molecule has 0 aromatic heterocycles. The number of likely N-dealkylation sites (N-methyl/N-ethyl adjacent to an activating group) is 1. The molecule has 18 heavy (non-hydrogen) atoms. The predicted molar refractivity (Wildman–Crippen MR) is 59.8 cm³/mol. The van der Waals surface area contributed by atoms with Gasteiger partial charge in [0.1, 0.15) is 0 Å². The lowest BCUT2D eigenvalue weighted by molar-refractivity contribution is -0.134. The largest absolute Gasteiger partial charge is 0.401 e. The highest BCUT2D eigenvalue weighted by atomic mass is 19.4. The van der Waals surface area contributed by atoms with Crippen LogP contribution in [-0.2, 0) is 9.59 Å². The van der Waals surface area contributed by atoms with Crippen LogP contribution in [0.25, 0.3) is 0 Å². The molecular weight excluding hydrogens is 251 g/mol. The quantitative estimate of drug-likeness (QED) is 0.712. The van der Waals surface area contributed by atoms with Crippen molar-refractivity contribution in [2.24, 2.45) is 5.92 Å². The molecule has 1 unspecified atom stereocenters. The number of hydrogen-bond donors (Lipinski definition) is 2. The maximum atomic E-state index is 11.8. The van der Waals surface area contributed by atoms with Gasteiger partial charge in [-0.05, 0) is 0 Å². The van der Waals surface area contributed by atoms with Gasteiger partial charge in [-0.15, -0.1) is 0 Å². The molecule has 0 heterocycles. The van der Waals surface area contributed by atoms with Gasteiger partial charge in [-0.1, -0.05) is 6.92 Å². The lowest BCUT2D eigenvalue weighted by atomic mass is 10.1. The van der Waals surface area contributed by atoms with Crippen LogP contribution in [0.5, 0.6) is 0 Å². The highest BCUT2D eigenvalue weighted by Crippen LogP contribution is 2.11. The summed E-state index contributed by atoms with van der Waals surface area (Å²) in [5.41, 5.74) is 0. The van der Waals surface area contributed by atoms with E-state index in [-0.39, 0.29) is 12.5 Å². The summed E-state index contributed by atoms with van der Waals surface area (Å²) in [4.78, 5) is 23.9. The van der Waals surface area contributed by atoms with Crippen LogP contribution in [0.3, 0.4) is 0 Å². The van der Waals surface area contributed by atoms with Gasteiger partial charge >= 0.3 is 6.18 Å². The summed E-state index contributed by atoms with van der Waals surface area (Å²) in [6.45, 7) is 0.173. The first kappa shape index (κ1) is 16.7. The molecule has 106 valence electrons. The van der Waals surface area contributed by atoms with Gasteiger partial charge in [-0.2, -0.15) is 13.2 Å². The maximum absolute atomic E-state index is 11.8. The van der Waals surface area contributed by atoms with Crippen LogP contribution in [0.15, 0.2) is 0 Å². The van der Waals surface area contributed by atoms with Crippen molar-refractivity contribution in [1.82, 2.24) is 15.5 Å². The van der Waals surface area contributed by atoms with E-state index in [1.54, 1.807) is 6.92 Å². The minimum absolute atomic E-state index is 0.159. The number of carbonyl (C=O) groups is 2. The highest BCUT2D eigenvalue weighted by Gasteiger charge is 2.27. The molecule has 0 aliphatic rings. The Morgan fingerprint density at radius 1 is 1.33 bits per heavy atom. The zero-order valence-electron chi connectivity index (χ0n) is 10.6. The van der Waals surface area contributed by atoms with Gasteiger partial charge in [-0.25, -0.2) is 0 Å². The first-order valence-corrected chi connectivity index (χ1v) is 5.40. The third kappa shape index (κ3) is 7.10. The summed E-state index contributed by atoms with van der Waals surface area (Å²) in [6, 6.07) is 0. The van der Waals surface area contributed by atoms with E-state index in [0.29, 0.717) is 0 Å². The molecule has 0 bridgehead atoms. The van der Waals surface area contributed by atoms with E-state index in [0.717, 1.165) is 0 Å². The first-order chi connectivity index (χ1) is 8.17. The Bertz CT molecular complexity index is 295. The van der Waals surface area contributed by atoms with E-state index in [4.69, 9.17) is 0 Å². The second kappa shape index (κ2) is 7.20. The number of halogens is 3. The zero-order chi connectivity index (χ0) is 14.3. The van der Waals surface area contributed by atoms with Crippen LogP contribution in [0, 0.1) is 5.92 Å². The second-order valence-corrected chi connectivity index (χ2v) is 4.01. The minimum atomic E-state index is -4.34. The molecule has 0 radical (unpaired) electrons. The normalized spacial score (nSPS) is 13.0.